The van der Waals surface area contributed by atoms with Crippen LogP contribution in [0.15, 0.2) is 18.2 Å². The van der Waals surface area contributed by atoms with E-state index in [0.29, 0.717) is 29.5 Å². The summed E-state index contributed by atoms with van der Waals surface area (Å²) in [6, 6.07) is 5.63. The Morgan fingerprint density at radius 3 is 2.67 bits per heavy atom. The Labute approximate surface area is 127 Å². The first-order valence-corrected chi connectivity index (χ1v) is 7.90. The molecule has 0 saturated heterocycles. The van der Waals surface area contributed by atoms with Gasteiger partial charge in [0.15, 0.2) is 0 Å². The van der Waals surface area contributed by atoms with Crippen LogP contribution in [0.3, 0.4) is 0 Å². The first-order chi connectivity index (χ1) is 9.88. The molecule has 1 aromatic rings. The summed E-state index contributed by atoms with van der Waals surface area (Å²) in [5.74, 6) is 1.86. The lowest BCUT2D eigenvalue weighted by atomic mass is 9.74. The first-order valence-electron chi connectivity index (χ1n) is 7.90. The van der Waals surface area contributed by atoms with Crippen LogP contribution in [0.25, 0.3) is 0 Å². The molecule has 3 atom stereocenters. The number of rotatable bonds is 4. The lowest BCUT2D eigenvalue weighted by Gasteiger charge is -2.38. The van der Waals surface area contributed by atoms with Crippen molar-refractivity contribution >= 4 is 11.4 Å². The molecule has 1 fully saturated rings. The molecule has 4 heteroatoms. The summed E-state index contributed by atoms with van der Waals surface area (Å²) in [5.41, 5.74) is 1.90. The summed E-state index contributed by atoms with van der Waals surface area (Å²) in [5, 5.41) is 14.7. The maximum Gasteiger partial charge on any atom is 0.292 e. The molecule has 0 amide bonds. The highest BCUT2D eigenvalue weighted by Crippen LogP contribution is 2.37. The topological polar surface area (TPSA) is 55.2 Å². The summed E-state index contributed by atoms with van der Waals surface area (Å²) in [7, 11) is 0. The first kappa shape index (κ1) is 15.8. The van der Waals surface area contributed by atoms with E-state index in [2.05, 4.69) is 26.1 Å². The number of benzene rings is 1. The molecular formula is C17H26N2O2. The highest BCUT2D eigenvalue weighted by Gasteiger charge is 2.31. The number of nitro groups is 1. The third-order valence-electron chi connectivity index (χ3n) is 4.71. The molecule has 0 aromatic heterocycles. The van der Waals surface area contributed by atoms with Gasteiger partial charge >= 0.3 is 0 Å². The van der Waals surface area contributed by atoms with E-state index in [0.717, 1.165) is 12.0 Å². The number of anilines is 1. The molecule has 1 aliphatic rings. The molecule has 4 nitrogen and oxygen atoms in total. The van der Waals surface area contributed by atoms with Gasteiger partial charge in [-0.15, -0.1) is 0 Å². The molecule has 0 heterocycles. The minimum absolute atomic E-state index is 0.182. The van der Waals surface area contributed by atoms with E-state index in [1.165, 1.54) is 12.8 Å². The maximum absolute atomic E-state index is 11.2. The number of aryl methyl sites for hydroxylation is 1. The van der Waals surface area contributed by atoms with Gasteiger partial charge in [0.25, 0.3) is 5.69 Å². The minimum atomic E-state index is -0.293. The number of nitro benzene ring substituents is 1. The monoisotopic (exact) mass is 290 g/mol. The van der Waals surface area contributed by atoms with Gasteiger partial charge in [-0.05, 0) is 49.1 Å². The largest absolute Gasteiger partial charge is 0.376 e. The Kier molecular flexibility index (Phi) is 4.86. The Bertz CT molecular complexity index is 514. The van der Waals surface area contributed by atoms with Gasteiger partial charge in [0.1, 0.15) is 5.69 Å². The predicted octanol–water partition coefficient (Wildman–Crippen LogP) is 4.78. The van der Waals surface area contributed by atoms with Crippen molar-refractivity contribution in [3.63, 3.8) is 0 Å². The zero-order valence-corrected chi connectivity index (χ0v) is 13.4. The summed E-state index contributed by atoms with van der Waals surface area (Å²) >= 11 is 0. The Hall–Kier alpha value is -1.58. The quantitative estimate of drug-likeness (QED) is 0.641. The van der Waals surface area contributed by atoms with Crippen molar-refractivity contribution in [2.24, 2.45) is 17.8 Å². The van der Waals surface area contributed by atoms with Crippen LogP contribution in [0.2, 0.25) is 0 Å². The number of nitrogens with one attached hydrogen (secondary N) is 1. The molecule has 1 saturated carbocycles. The minimum Gasteiger partial charge on any atom is -0.376 e. The molecule has 0 spiro atoms. The molecule has 2 rings (SSSR count). The SMILES string of the molecule is Cc1ccc([N+](=O)[O-])c(NC2CC(C)CCC2C(C)C)c1. The van der Waals surface area contributed by atoms with Crippen LogP contribution >= 0.6 is 0 Å². The third-order valence-corrected chi connectivity index (χ3v) is 4.71. The van der Waals surface area contributed by atoms with Gasteiger partial charge in [-0.25, -0.2) is 0 Å². The van der Waals surface area contributed by atoms with E-state index < -0.39 is 0 Å². The fourth-order valence-electron chi connectivity index (χ4n) is 3.49. The van der Waals surface area contributed by atoms with Crippen LogP contribution in [0.5, 0.6) is 0 Å². The summed E-state index contributed by atoms with van der Waals surface area (Å²) < 4.78 is 0. The van der Waals surface area contributed by atoms with Crippen molar-refractivity contribution < 1.29 is 4.92 Å². The molecule has 1 N–H and O–H groups in total. The number of hydrogen-bond acceptors (Lipinski definition) is 3. The molecule has 1 aromatic carbocycles. The van der Waals surface area contributed by atoms with Crippen molar-refractivity contribution in [2.45, 2.75) is 53.0 Å². The van der Waals surface area contributed by atoms with E-state index in [1.807, 2.05) is 13.0 Å². The smallest absolute Gasteiger partial charge is 0.292 e. The van der Waals surface area contributed by atoms with Crippen molar-refractivity contribution in [3.8, 4) is 0 Å². The van der Waals surface area contributed by atoms with Crippen molar-refractivity contribution in [1.29, 1.82) is 0 Å². The molecule has 0 aliphatic heterocycles. The second kappa shape index (κ2) is 6.46. The van der Waals surface area contributed by atoms with Gasteiger partial charge in [0.05, 0.1) is 4.92 Å². The van der Waals surface area contributed by atoms with Gasteiger partial charge < -0.3 is 5.32 Å². The Morgan fingerprint density at radius 1 is 1.33 bits per heavy atom. The lowest BCUT2D eigenvalue weighted by molar-refractivity contribution is -0.384. The van der Waals surface area contributed by atoms with Crippen molar-refractivity contribution in [1.82, 2.24) is 0 Å². The van der Waals surface area contributed by atoms with E-state index in [-0.39, 0.29) is 10.6 Å². The van der Waals surface area contributed by atoms with E-state index in [9.17, 15) is 10.1 Å². The summed E-state index contributed by atoms with van der Waals surface area (Å²) in [4.78, 5) is 10.9. The normalized spacial score (nSPS) is 25.9. The standard InChI is InChI=1S/C17H26N2O2/c1-11(2)14-7-5-12(3)9-15(14)18-16-10-13(4)6-8-17(16)19(20)21/h6,8,10-12,14-15,18H,5,7,9H2,1-4H3. The second-order valence-corrected chi connectivity index (χ2v) is 6.85. The molecule has 0 radical (unpaired) electrons. The van der Waals surface area contributed by atoms with Crippen molar-refractivity contribution in [3.05, 3.63) is 33.9 Å². The average molecular weight is 290 g/mol. The average Bonchev–Trinajstić information content (AvgIpc) is 2.38. The van der Waals surface area contributed by atoms with E-state index in [4.69, 9.17) is 0 Å². The van der Waals surface area contributed by atoms with Crippen LogP contribution in [0.4, 0.5) is 11.4 Å². The molecule has 1 aliphatic carbocycles. The lowest BCUT2D eigenvalue weighted by Crippen LogP contribution is -2.38. The Balaban J connectivity index is 2.26. The summed E-state index contributed by atoms with van der Waals surface area (Å²) in [6.45, 7) is 8.74. The molecular weight excluding hydrogens is 264 g/mol. The van der Waals surface area contributed by atoms with Gasteiger partial charge in [-0.1, -0.05) is 33.3 Å². The van der Waals surface area contributed by atoms with Gasteiger partial charge in [0.2, 0.25) is 0 Å². The van der Waals surface area contributed by atoms with Gasteiger partial charge in [-0.3, -0.25) is 10.1 Å². The van der Waals surface area contributed by atoms with Crippen LogP contribution < -0.4 is 5.32 Å². The molecule has 0 bridgehead atoms. The van der Waals surface area contributed by atoms with Crippen LogP contribution in [0.1, 0.15) is 45.6 Å². The van der Waals surface area contributed by atoms with E-state index in [1.54, 1.807) is 12.1 Å². The van der Waals surface area contributed by atoms with Crippen LogP contribution in [-0.4, -0.2) is 11.0 Å². The van der Waals surface area contributed by atoms with E-state index >= 15 is 0 Å². The van der Waals surface area contributed by atoms with Crippen LogP contribution in [-0.2, 0) is 0 Å². The zero-order chi connectivity index (χ0) is 15.6. The number of hydrogen-bond donors (Lipinski definition) is 1. The van der Waals surface area contributed by atoms with Gasteiger partial charge in [-0.2, -0.15) is 0 Å². The molecule has 21 heavy (non-hydrogen) atoms. The summed E-state index contributed by atoms with van der Waals surface area (Å²) in [6.07, 6.45) is 3.56. The van der Waals surface area contributed by atoms with Crippen molar-refractivity contribution in [2.75, 3.05) is 5.32 Å². The Morgan fingerprint density at radius 2 is 2.05 bits per heavy atom. The molecule has 116 valence electrons. The maximum atomic E-state index is 11.2. The zero-order valence-electron chi connectivity index (χ0n) is 13.4. The second-order valence-electron chi connectivity index (χ2n) is 6.85. The fraction of sp³-hybridized carbons (Fsp3) is 0.647. The van der Waals surface area contributed by atoms with Gasteiger partial charge in [0, 0.05) is 12.1 Å². The fourth-order valence-corrected chi connectivity index (χ4v) is 3.49. The molecule has 3 unspecified atom stereocenters. The number of nitrogens with zero attached hydrogens (tertiary/aromatic N) is 1. The predicted molar refractivity (Wildman–Crippen MR) is 86.6 cm³/mol. The third kappa shape index (κ3) is 3.74. The highest BCUT2D eigenvalue weighted by atomic mass is 16.6. The van der Waals surface area contributed by atoms with Crippen LogP contribution in [0, 0.1) is 34.8 Å². The highest BCUT2D eigenvalue weighted by molar-refractivity contribution is 5.63.